The maximum Gasteiger partial charge on any atom is 0.255 e. The molecule has 2 rings (SSSR count). The molecule has 0 bridgehead atoms. The highest BCUT2D eigenvalue weighted by Gasteiger charge is 2.20. The fourth-order valence-corrected chi connectivity index (χ4v) is 2.49. The first-order valence-electron chi connectivity index (χ1n) is 8.29. The second kappa shape index (κ2) is 8.38. The van der Waals surface area contributed by atoms with Crippen molar-refractivity contribution in [3.05, 3.63) is 53.1 Å². The van der Waals surface area contributed by atoms with Gasteiger partial charge in [-0.1, -0.05) is 19.1 Å². The number of hydrogen-bond acceptors (Lipinski definition) is 4. The summed E-state index contributed by atoms with van der Waals surface area (Å²) in [5.74, 6) is 0.303. The van der Waals surface area contributed by atoms with Crippen LogP contribution in [-0.4, -0.2) is 45.0 Å². The third-order valence-electron chi connectivity index (χ3n) is 4.03. The van der Waals surface area contributed by atoms with E-state index in [1.807, 2.05) is 12.1 Å². The largest absolute Gasteiger partial charge is 0.493 e. The lowest BCUT2D eigenvalue weighted by Gasteiger charge is -2.18. The molecule has 1 N–H and O–H groups in total. The molecule has 0 saturated carbocycles. The van der Waals surface area contributed by atoms with Crippen LogP contribution in [0.5, 0.6) is 11.5 Å². The summed E-state index contributed by atoms with van der Waals surface area (Å²) < 4.78 is 10.6. The molecule has 6 nitrogen and oxygen atoms in total. The minimum absolute atomic E-state index is 0.248. The maximum absolute atomic E-state index is 12.6. The van der Waals surface area contributed by atoms with E-state index in [0.29, 0.717) is 28.3 Å². The number of ether oxygens (including phenoxy) is 2. The molecule has 0 aliphatic rings. The van der Waals surface area contributed by atoms with Gasteiger partial charge in [0, 0.05) is 25.7 Å². The Morgan fingerprint density at radius 3 is 2.08 bits per heavy atom. The summed E-state index contributed by atoms with van der Waals surface area (Å²) >= 11 is 0. The molecule has 0 aliphatic carbocycles. The van der Waals surface area contributed by atoms with Crippen LogP contribution < -0.4 is 14.8 Å². The van der Waals surface area contributed by atoms with Crippen LogP contribution in [0.15, 0.2) is 36.4 Å². The Hall–Kier alpha value is -3.02. The van der Waals surface area contributed by atoms with Crippen molar-refractivity contribution < 1.29 is 19.1 Å². The third kappa shape index (κ3) is 4.14. The fraction of sp³-hybridized carbons (Fsp3) is 0.300. The molecule has 0 radical (unpaired) electrons. The van der Waals surface area contributed by atoms with Gasteiger partial charge in [0.05, 0.1) is 25.5 Å². The van der Waals surface area contributed by atoms with Crippen molar-refractivity contribution in [3.8, 4) is 11.5 Å². The minimum atomic E-state index is -0.298. The van der Waals surface area contributed by atoms with Crippen molar-refractivity contribution in [2.24, 2.45) is 0 Å². The summed E-state index contributed by atoms with van der Waals surface area (Å²) in [5.41, 5.74) is 2.36. The number of methoxy groups -OCH3 is 2. The summed E-state index contributed by atoms with van der Waals surface area (Å²) in [7, 11) is 6.29. The Balaban J connectivity index is 2.41. The predicted octanol–water partition coefficient (Wildman–Crippen LogP) is 3.22. The summed E-state index contributed by atoms with van der Waals surface area (Å²) in [6.07, 6.45) is 0.902. The maximum atomic E-state index is 12.6. The summed E-state index contributed by atoms with van der Waals surface area (Å²) in [5, 5.41) is 2.80. The van der Waals surface area contributed by atoms with Gasteiger partial charge in [-0.25, -0.2) is 0 Å². The standard InChI is InChI=1S/C20H24N2O4/c1-6-13-7-9-14(10-8-13)19(23)21-16-12-18(26-5)17(25-4)11-15(16)20(24)22(2)3/h7-12H,6H2,1-5H3,(H,21,23). The van der Waals surface area contributed by atoms with Gasteiger partial charge >= 0.3 is 0 Å². The number of aryl methyl sites for hydroxylation is 1. The van der Waals surface area contributed by atoms with E-state index in [9.17, 15) is 9.59 Å². The van der Waals surface area contributed by atoms with E-state index in [2.05, 4.69) is 12.2 Å². The number of anilines is 1. The van der Waals surface area contributed by atoms with Crippen molar-refractivity contribution in [1.29, 1.82) is 0 Å². The van der Waals surface area contributed by atoms with Crippen LogP contribution in [0.3, 0.4) is 0 Å². The Morgan fingerprint density at radius 2 is 1.58 bits per heavy atom. The van der Waals surface area contributed by atoms with Gasteiger partial charge in [-0.05, 0) is 30.2 Å². The first-order valence-corrected chi connectivity index (χ1v) is 8.29. The zero-order valence-electron chi connectivity index (χ0n) is 15.8. The van der Waals surface area contributed by atoms with Gasteiger partial charge in [-0.3, -0.25) is 9.59 Å². The number of hydrogen-bond donors (Lipinski definition) is 1. The molecular weight excluding hydrogens is 332 g/mol. The zero-order chi connectivity index (χ0) is 19.3. The Kier molecular flexibility index (Phi) is 6.22. The van der Waals surface area contributed by atoms with Gasteiger partial charge in [-0.15, -0.1) is 0 Å². The van der Waals surface area contributed by atoms with E-state index in [1.165, 1.54) is 19.1 Å². The highest BCUT2D eigenvalue weighted by atomic mass is 16.5. The van der Waals surface area contributed by atoms with Crippen LogP contribution in [0, 0.1) is 0 Å². The van der Waals surface area contributed by atoms with E-state index < -0.39 is 0 Å². The van der Waals surface area contributed by atoms with Gasteiger partial charge in [-0.2, -0.15) is 0 Å². The average Bonchev–Trinajstić information content (AvgIpc) is 2.66. The molecule has 0 fully saturated rings. The van der Waals surface area contributed by atoms with Crippen LogP contribution in [0.4, 0.5) is 5.69 Å². The topological polar surface area (TPSA) is 67.9 Å². The van der Waals surface area contributed by atoms with Gasteiger partial charge in [0.15, 0.2) is 11.5 Å². The zero-order valence-corrected chi connectivity index (χ0v) is 15.8. The van der Waals surface area contributed by atoms with Crippen LogP contribution in [-0.2, 0) is 6.42 Å². The second-order valence-corrected chi connectivity index (χ2v) is 5.96. The highest BCUT2D eigenvalue weighted by molar-refractivity contribution is 6.09. The number of amides is 2. The monoisotopic (exact) mass is 356 g/mol. The van der Waals surface area contributed by atoms with Gasteiger partial charge in [0.1, 0.15) is 0 Å². The number of carbonyl (C=O) groups excluding carboxylic acids is 2. The Labute approximate surface area is 153 Å². The highest BCUT2D eigenvalue weighted by Crippen LogP contribution is 2.34. The third-order valence-corrected chi connectivity index (χ3v) is 4.03. The average molecular weight is 356 g/mol. The molecule has 0 aliphatic heterocycles. The van der Waals surface area contributed by atoms with Crippen molar-refractivity contribution in [3.63, 3.8) is 0 Å². The number of benzene rings is 2. The summed E-state index contributed by atoms with van der Waals surface area (Å²) in [6.45, 7) is 2.05. The molecule has 138 valence electrons. The molecule has 2 aromatic rings. The van der Waals surface area contributed by atoms with Crippen molar-refractivity contribution in [2.45, 2.75) is 13.3 Å². The minimum Gasteiger partial charge on any atom is -0.493 e. The normalized spacial score (nSPS) is 10.2. The molecule has 6 heteroatoms. The summed E-state index contributed by atoms with van der Waals surface area (Å²) in [4.78, 5) is 26.6. The Morgan fingerprint density at radius 1 is 1.00 bits per heavy atom. The number of rotatable bonds is 6. The van der Waals surface area contributed by atoms with E-state index >= 15 is 0 Å². The van der Waals surface area contributed by atoms with Crippen LogP contribution in [0.25, 0.3) is 0 Å². The number of nitrogens with zero attached hydrogens (tertiary/aromatic N) is 1. The van der Waals surface area contributed by atoms with Crippen LogP contribution in [0.1, 0.15) is 33.2 Å². The van der Waals surface area contributed by atoms with Gasteiger partial charge in [0.2, 0.25) is 0 Å². The van der Waals surface area contributed by atoms with Crippen molar-refractivity contribution in [1.82, 2.24) is 4.90 Å². The molecule has 0 saturated heterocycles. The number of carbonyl (C=O) groups is 2. The van der Waals surface area contributed by atoms with E-state index in [0.717, 1.165) is 12.0 Å². The van der Waals surface area contributed by atoms with Crippen molar-refractivity contribution >= 4 is 17.5 Å². The van der Waals surface area contributed by atoms with Crippen LogP contribution in [0.2, 0.25) is 0 Å². The lowest BCUT2D eigenvalue weighted by molar-refractivity contribution is 0.0828. The molecule has 0 heterocycles. The Bertz CT molecular complexity index is 798. The van der Waals surface area contributed by atoms with Crippen molar-refractivity contribution in [2.75, 3.05) is 33.6 Å². The molecule has 0 aromatic heterocycles. The molecular formula is C20H24N2O4. The molecule has 2 aromatic carbocycles. The molecule has 0 unspecified atom stereocenters. The van der Waals surface area contributed by atoms with Crippen LogP contribution >= 0.6 is 0 Å². The molecule has 2 amide bonds. The quantitative estimate of drug-likeness (QED) is 0.863. The fourth-order valence-electron chi connectivity index (χ4n) is 2.49. The molecule has 0 spiro atoms. The van der Waals surface area contributed by atoms with E-state index in [1.54, 1.807) is 38.4 Å². The SMILES string of the molecule is CCc1ccc(C(=O)Nc2cc(OC)c(OC)cc2C(=O)N(C)C)cc1. The molecule has 26 heavy (non-hydrogen) atoms. The second-order valence-electron chi connectivity index (χ2n) is 5.96. The lowest BCUT2D eigenvalue weighted by atomic mass is 10.1. The smallest absolute Gasteiger partial charge is 0.255 e. The first-order chi connectivity index (χ1) is 12.4. The lowest BCUT2D eigenvalue weighted by Crippen LogP contribution is -2.24. The summed E-state index contributed by atoms with van der Waals surface area (Å²) in [6, 6.07) is 10.5. The predicted molar refractivity (Wildman–Crippen MR) is 101 cm³/mol. The first kappa shape index (κ1) is 19.3. The van der Waals surface area contributed by atoms with E-state index in [4.69, 9.17) is 9.47 Å². The number of nitrogens with one attached hydrogen (secondary N) is 1. The van der Waals surface area contributed by atoms with Gasteiger partial charge < -0.3 is 19.7 Å². The van der Waals surface area contributed by atoms with E-state index in [-0.39, 0.29) is 11.8 Å². The molecule has 0 atom stereocenters. The van der Waals surface area contributed by atoms with Gasteiger partial charge in [0.25, 0.3) is 11.8 Å².